The molecule has 1 saturated heterocycles. The molecule has 2 atom stereocenters. The molecule has 1 N–H and O–H groups in total. The van der Waals surface area contributed by atoms with Crippen LogP contribution in [0.5, 0.6) is 0 Å². The Labute approximate surface area is 111 Å². The van der Waals surface area contributed by atoms with Crippen molar-refractivity contribution in [1.82, 2.24) is 4.90 Å². The van der Waals surface area contributed by atoms with Gasteiger partial charge in [-0.1, -0.05) is 30.3 Å². The van der Waals surface area contributed by atoms with Gasteiger partial charge in [-0.25, -0.2) is 9.18 Å². The molecule has 1 aromatic carbocycles. The SMILES string of the molecule is O=C(OCc1ccccc1)N1CC[C@@H](CO)[C@@H](F)C1. The molecule has 0 unspecified atom stereocenters. The molecule has 1 aromatic rings. The van der Waals surface area contributed by atoms with Gasteiger partial charge in [0.2, 0.25) is 0 Å². The Bertz CT molecular complexity index is 412. The predicted molar refractivity (Wildman–Crippen MR) is 68.3 cm³/mol. The third-order valence-corrected chi connectivity index (χ3v) is 3.37. The number of halogens is 1. The summed E-state index contributed by atoms with van der Waals surface area (Å²) in [5.74, 6) is -0.363. The maximum atomic E-state index is 13.6. The second-order valence-corrected chi connectivity index (χ2v) is 4.73. The van der Waals surface area contributed by atoms with Crippen molar-refractivity contribution in [2.75, 3.05) is 19.7 Å². The number of nitrogens with zero attached hydrogens (tertiary/aromatic N) is 1. The lowest BCUT2D eigenvalue weighted by molar-refractivity contribution is 0.0344. The van der Waals surface area contributed by atoms with Gasteiger partial charge in [-0.3, -0.25) is 0 Å². The Balaban J connectivity index is 1.81. The van der Waals surface area contributed by atoms with Crippen LogP contribution in [0.1, 0.15) is 12.0 Å². The lowest BCUT2D eigenvalue weighted by Crippen LogP contribution is -2.46. The number of benzene rings is 1. The normalized spacial score (nSPS) is 23.2. The van der Waals surface area contributed by atoms with Gasteiger partial charge >= 0.3 is 6.09 Å². The molecule has 1 aliphatic rings. The minimum Gasteiger partial charge on any atom is -0.445 e. The van der Waals surface area contributed by atoms with Gasteiger partial charge in [0.1, 0.15) is 12.8 Å². The molecular formula is C14H18FNO3. The molecular weight excluding hydrogens is 249 g/mol. The van der Waals surface area contributed by atoms with Crippen LogP contribution in [-0.4, -0.2) is 42.0 Å². The number of aliphatic hydroxyl groups excluding tert-OH is 1. The highest BCUT2D eigenvalue weighted by molar-refractivity contribution is 5.67. The lowest BCUT2D eigenvalue weighted by atomic mass is 9.96. The molecule has 0 saturated carbocycles. The lowest BCUT2D eigenvalue weighted by Gasteiger charge is -2.33. The number of carbonyl (C=O) groups is 1. The van der Waals surface area contributed by atoms with Gasteiger partial charge in [0.25, 0.3) is 0 Å². The standard InChI is InChI=1S/C14H18FNO3/c15-13-8-16(7-6-12(13)9-17)14(18)19-10-11-4-2-1-3-5-11/h1-5,12-13,17H,6-10H2/t12-,13-/m0/s1. The van der Waals surface area contributed by atoms with E-state index in [1.54, 1.807) is 0 Å². The molecule has 1 fully saturated rings. The summed E-state index contributed by atoms with van der Waals surface area (Å²) in [4.78, 5) is 13.1. The van der Waals surface area contributed by atoms with Crippen LogP contribution >= 0.6 is 0 Å². The van der Waals surface area contributed by atoms with E-state index in [0.29, 0.717) is 13.0 Å². The Hall–Kier alpha value is -1.62. The van der Waals surface area contributed by atoms with E-state index >= 15 is 0 Å². The number of likely N-dealkylation sites (tertiary alicyclic amines) is 1. The van der Waals surface area contributed by atoms with Crippen molar-refractivity contribution < 1.29 is 19.0 Å². The highest BCUT2D eigenvalue weighted by Gasteiger charge is 2.31. The van der Waals surface area contributed by atoms with Crippen LogP contribution in [0, 0.1) is 5.92 Å². The zero-order chi connectivity index (χ0) is 13.7. The van der Waals surface area contributed by atoms with E-state index in [-0.39, 0.29) is 25.7 Å². The van der Waals surface area contributed by atoms with Crippen LogP contribution < -0.4 is 0 Å². The zero-order valence-electron chi connectivity index (χ0n) is 10.7. The van der Waals surface area contributed by atoms with Gasteiger partial charge < -0.3 is 14.7 Å². The van der Waals surface area contributed by atoms with Crippen LogP contribution in [0.2, 0.25) is 0 Å². The fraction of sp³-hybridized carbons (Fsp3) is 0.500. The molecule has 0 aromatic heterocycles. The van der Waals surface area contributed by atoms with Gasteiger partial charge in [-0.2, -0.15) is 0 Å². The average Bonchev–Trinajstić information content (AvgIpc) is 2.45. The van der Waals surface area contributed by atoms with E-state index in [4.69, 9.17) is 9.84 Å². The summed E-state index contributed by atoms with van der Waals surface area (Å²) in [7, 11) is 0. The van der Waals surface area contributed by atoms with Crippen molar-refractivity contribution in [2.45, 2.75) is 19.2 Å². The fourth-order valence-corrected chi connectivity index (χ4v) is 2.14. The number of hydrogen-bond acceptors (Lipinski definition) is 3. The molecule has 2 rings (SSSR count). The van der Waals surface area contributed by atoms with Crippen LogP contribution in [0.25, 0.3) is 0 Å². The molecule has 1 heterocycles. The highest BCUT2D eigenvalue weighted by Crippen LogP contribution is 2.20. The molecule has 4 nitrogen and oxygen atoms in total. The monoisotopic (exact) mass is 267 g/mol. The van der Waals surface area contributed by atoms with Crippen molar-refractivity contribution >= 4 is 6.09 Å². The quantitative estimate of drug-likeness (QED) is 0.911. The van der Waals surface area contributed by atoms with Gasteiger partial charge in [0, 0.05) is 19.1 Å². The second-order valence-electron chi connectivity index (χ2n) is 4.73. The third kappa shape index (κ3) is 3.67. The summed E-state index contributed by atoms with van der Waals surface area (Å²) in [5, 5.41) is 8.96. The summed E-state index contributed by atoms with van der Waals surface area (Å²) < 4.78 is 18.8. The van der Waals surface area contributed by atoms with Gasteiger partial charge in [0.15, 0.2) is 0 Å². The Morgan fingerprint density at radius 1 is 1.42 bits per heavy atom. The molecule has 19 heavy (non-hydrogen) atoms. The number of rotatable bonds is 3. The molecule has 104 valence electrons. The number of amides is 1. The molecule has 1 amide bonds. The topological polar surface area (TPSA) is 49.8 Å². The number of hydrogen-bond donors (Lipinski definition) is 1. The Morgan fingerprint density at radius 3 is 2.79 bits per heavy atom. The summed E-state index contributed by atoms with van der Waals surface area (Å²) in [6, 6.07) is 9.35. The smallest absolute Gasteiger partial charge is 0.410 e. The number of aliphatic hydroxyl groups is 1. The maximum absolute atomic E-state index is 13.6. The maximum Gasteiger partial charge on any atom is 0.410 e. The predicted octanol–water partition coefficient (Wildman–Crippen LogP) is 1.98. The van der Waals surface area contributed by atoms with Crippen LogP contribution in [0.3, 0.4) is 0 Å². The number of alkyl halides is 1. The summed E-state index contributed by atoms with van der Waals surface area (Å²) in [6.45, 7) is 0.447. The van der Waals surface area contributed by atoms with E-state index in [2.05, 4.69) is 0 Å². The van der Waals surface area contributed by atoms with Crippen molar-refractivity contribution in [3.63, 3.8) is 0 Å². The van der Waals surface area contributed by atoms with Crippen molar-refractivity contribution in [3.8, 4) is 0 Å². The van der Waals surface area contributed by atoms with Crippen LogP contribution in [0.15, 0.2) is 30.3 Å². The van der Waals surface area contributed by atoms with Crippen molar-refractivity contribution in [1.29, 1.82) is 0 Å². The number of carbonyl (C=O) groups excluding carboxylic acids is 1. The number of ether oxygens (including phenoxy) is 1. The average molecular weight is 267 g/mol. The summed E-state index contributed by atoms with van der Waals surface area (Å²) in [5.41, 5.74) is 0.901. The second kappa shape index (κ2) is 6.52. The van der Waals surface area contributed by atoms with Gasteiger partial charge in [-0.05, 0) is 12.0 Å². The van der Waals surface area contributed by atoms with E-state index in [0.717, 1.165) is 5.56 Å². The first kappa shape index (κ1) is 13.8. The van der Waals surface area contributed by atoms with Crippen LogP contribution in [-0.2, 0) is 11.3 Å². The zero-order valence-corrected chi connectivity index (χ0v) is 10.7. The van der Waals surface area contributed by atoms with Gasteiger partial charge in [-0.15, -0.1) is 0 Å². The van der Waals surface area contributed by atoms with E-state index in [1.807, 2.05) is 30.3 Å². The molecule has 5 heteroatoms. The van der Waals surface area contributed by atoms with E-state index < -0.39 is 12.3 Å². The summed E-state index contributed by atoms with van der Waals surface area (Å²) >= 11 is 0. The van der Waals surface area contributed by atoms with Crippen LogP contribution in [0.4, 0.5) is 9.18 Å². The third-order valence-electron chi connectivity index (χ3n) is 3.37. The largest absolute Gasteiger partial charge is 0.445 e. The molecule has 0 radical (unpaired) electrons. The Kier molecular flexibility index (Phi) is 4.74. The first-order chi connectivity index (χ1) is 9.20. The van der Waals surface area contributed by atoms with E-state index in [1.165, 1.54) is 4.90 Å². The fourth-order valence-electron chi connectivity index (χ4n) is 2.14. The molecule has 1 aliphatic heterocycles. The van der Waals surface area contributed by atoms with Gasteiger partial charge in [0.05, 0.1) is 6.54 Å². The summed E-state index contributed by atoms with van der Waals surface area (Å²) in [6.07, 6.45) is -1.20. The molecule has 0 spiro atoms. The first-order valence-corrected chi connectivity index (χ1v) is 6.41. The highest BCUT2D eigenvalue weighted by atomic mass is 19.1. The van der Waals surface area contributed by atoms with Crippen molar-refractivity contribution in [3.05, 3.63) is 35.9 Å². The first-order valence-electron chi connectivity index (χ1n) is 6.41. The minimum absolute atomic E-state index is 0.00114. The molecule has 0 aliphatic carbocycles. The Morgan fingerprint density at radius 2 is 2.16 bits per heavy atom. The van der Waals surface area contributed by atoms with Crippen molar-refractivity contribution in [2.24, 2.45) is 5.92 Å². The van der Waals surface area contributed by atoms with E-state index in [9.17, 15) is 9.18 Å². The minimum atomic E-state index is -1.18. The number of piperidine rings is 1. The molecule has 0 bridgehead atoms.